The smallest absolute Gasteiger partial charge is 0.338 e. The van der Waals surface area contributed by atoms with Crippen molar-refractivity contribution in [3.05, 3.63) is 82.0 Å². The van der Waals surface area contributed by atoms with E-state index in [-0.39, 0.29) is 12.3 Å². The first-order valence-corrected chi connectivity index (χ1v) is 12.3. The van der Waals surface area contributed by atoms with Crippen LogP contribution in [0.4, 0.5) is 0 Å². The second kappa shape index (κ2) is 10.9. The fourth-order valence-electron chi connectivity index (χ4n) is 4.32. The van der Waals surface area contributed by atoms with Crippen LogP contribution in [0.25, 0.3) is 0 Å². The number of methoxy groups -OCH3 is 3. The van der Waals surface area contributed by atoms with E-state index in [1.54, 1.807) is 45.2 Å². The van der Waals surface area contributed by atoms with Gasteiger partial charge in [-0.3, -0.25) is 4.79 Å². The zero-order chi connectivity index (χ0) is 25.8. The highest BCUT2D eigenvalue weighted by atomic mass is 32.2. The average Bonchev–Trinajstić information content (AvgIpc) is 3.29. The molecule has 0 radical (unpaired) electrons. The molecule has 36 heavy (non-hydrogen) atoms. The zero-order valence-electron chi connectivity index (χ0n) is 21.0. The van der Waals surface area contributed by atoms with E-state index in [9.17, 15) is 9.59 Å². The molecule has 0 fully saturated rings. The van der Waals surface area contributed by atoms with Gasteiger partial charge in [-0.15, -0.1) is 0 Å². The van der Waals surface area contributed by atoms with Crippen LogP contribution < -0.4 is 9.47 Å². The molecule has 0 bridgehead atoms. The number of aliphatic imine (C=N–C) groups is 1. The van der Waals surface area contributed by atoms with Gasteiger partial charge in [0.15, 0.2) is 5.17 Å². The largest absolute Gasteiger partial charge is 0.497 e. The Labute approximate surface area is 215 Å². The van der Waals surface area contributed by atoms with E-state index >= 15 is 0 Å². The van der Waals surface area contributed by atoms with Crippen molar-refractivity contribution < 1.29 is 23.8 Å². The lowest BCUT2D eigenvalue weighted by atomic mass is 9.93. The molecule has 8 nitrogen and oxygen atoms in total. The maximum absolute atomic E-state index is 13.2. The highest BCUT2D eigenvalue weighted by Gasteiger charge is 2.42. The highest BCUT2D eigenvalue weighted by Crippen LogP contribution is 2.47. The average molecular weight is 508 g/mol. The molecule has 9 heteroatoms. The molecule has 0 unspecified atom stereocenters. The van der Waals surface area contributed by atoms with Gasteiger partial charge in [-0.25, -0.2) is 9.79 Å². The Bertz CT molecular complexity index is 1260. The fraction of sp³-hybridized carbons (Fsp3) is 0.296. The number of benzene rings is 2. The Morgan fingerprint density at radius 1 is 1.08 bits per heavy atom. The van der Waals surface area contributed by atoms with Crippen LogP contribution in [0.5, 0.6) is 11.5 Å². The van der Waals surface area contributed by atoms with Crippen LogP contribution in [0.3, 0.4) is 0 Å². The van der Waals surface area contributed by atoms with E-state index in [0.717, 1.165) is 11.3 Å². The second-order valence-electron chi connectivity index (χ2n) is 8.40. The molecular weight excluding hydrogens is 478 g/mol. The summed E-state index contributed by atoms with van der Waals surface area (Å²) in [5.41, 5.74) is 3.44. The maximum atomic E-state index is 13.2. The first-order valence-electron chi connectivity index (χ1n) is 11.4. The molecule has 0 aliphatic carbocycles. The van der Waals surface area contributed by atoms with Crippen molar-refractivity contribution in [1.82, 2.24) is 9.80 Å². The first-order chi connectivity index (χ1) is 17.4. The Morgan fingerprint density at radius 2 is 1.83 bits per heavy atom. The standard InChI is InChI=1S/C27H29N3O5S/c1-17-24(26(32)35-5)25(21-14-20(33-3)11-12-22(21)34-4)30-19(16-36-27(30)28-17)13-23(31)29(2)15-18-9-7-6-8-10-18/h6-12,14,16,25H,13,15H2,1-5H3/t25-/m1/s1. The SMILES string of the molecule is COC(=O)C1=C(C)N=C2SC=C(CC(=O)N(C)Cc3ccccc3)N2[C@@H]1c1cc(OC)ccc1OC. The summed E-state index contributed by atoms with van der Waals surface area (Å²) in [6, 6.07) is 14.7. The zero-order valence-corrected chi connectivity index (χ0v) is 21.8. The lowest BCUT2D eigenvalue weighted by Crippen LogP contribution is -2.38. The normalized spacial score (nSPS) is 16.7. The minimum Gasteiger partial charge on any atom is -0.497 e. The minimum absolute atomic E-state index is 0.0470. The van der Waals surface area contributed by atoms with Crippen molar-refractivity contribution in [3.63, 3.8) is 0 Å². The van der Waals surface area contributed by atoms with Gasteiger partial charge >= 0.3 is 5.97 Å². The van der Waals surface area contributed by atoms with Gasteiger partial charge < -0.3 is 24.0 Å². The molecule has 2 aromatic carbocycles. The van der Waals surface area contributed by atoms with Crippen LogP contribution in [-0.2, 0) is 20.9 Å². The summed E-state index contributed by atoms with van der Waals surface area (Å²) >= 11 is 1.42. The Balaban J connectivity index is 1.71. The predicted molar refractivity (Wildman–Crippen MR) is 139 cm³/mol. The number of thioether (sulfide) groups is 1. The molecule has 2 heterocycles. The number of nitrogens with zero attached hydrogens (tertiary/aromatic N) is 3. The van der Waals surface area contributed by atoms with E-state index in [2.05, 4.69) is 4.99 Å². The lowest BCUT2D eigenvalue weighted by Gasteiger charge is -2.37. The quantitative estimate of drug-likeness (QED) is 0.487. The van der Waals surface area contributed by atoms with E-state index in [1.807, 2.05) is 46.7 Å². The number of rotatable bonds is 8. The number of amidine groups is 1. The topological polar surface area (TPSA) is 80.7 Å². The third-order valence-electron chi connectivity index (χ3n) is 6.16. The highest BCUT2D eigenvalue weighted by molar-refractivity contribution is 8.16. The molecule has 1 amide bonds. The molecule has 0 aromatic heterocycles. The van der Waals surface area contributed by atoms with Crippen LogP contribution in [-0.4, -0.2) is 55.2 Å². The van der Waals surface area contributed by atoms with Crippen molar-refractivity contribution in [1.29, 1.82) is 0 Å². The molecule has 0 spiro atoms. The van der Waals surface area contributed by atoms with Crippen LogP contribution >= 0.6 is 11.8 Å². The van der Waals surface area contributed by atoms with E-state index < -0.39 is 12.0 Å². The molecule has 4 rings (SSSR count). The summed E-state index contributed by atoms with van der Waals surface area (Å²) in [5.74, 6) is 0.663. The van der Waals surface area contributed by atoms with Crippen molar-refractivity contribution in [2.24, 2.45) is 4.99 Å². The summed E-state index contributed by atoms with van der Waals surface area (Å²) < 4.78 is 16.3. The molecule has 0 N–H and O–H groups in total. The summed E-state index contributed by atoms with van der Waals surface area (Å²) in [4.78, 5) is 34.5. The monoisotopic (exact) mass is 507 g/mol. The molecular formula is C27H29N3O5S. The molecule has 2 aromatic rings. The van der Waals surface area contributed by atoms with Gasteiger partial charge in [0.05, 0.1) is 45.1 Å². The Hall–Kier alpha value is -3.72. The number of esters is 1. The molecule has 0 saturated carbocycles. The predicted octanol–water partition coefficient (Wildman–Crippen LogP) is 4.50. The van der Waals surface area contributed by atoms with Gasteiger partial charge in [-0.1, -0.05) is 42.1 Å². The molecule has 2 aliphatic rings. The Kier molecular flexibility index (Phi) is 7.69. The van der Waals surface area contributed by atoms with Crippen LogP contribution in [0.15, 0.2) is 75.9 Å². The number of allylic oxidation sites excluding steroid dienone is 1. The van der Waals surface area contributed by atoms with Crippen molar-refractivity contribution >= 4 is 28.8 Å². The van der Waals surface area contributed by atoms with E-state index in [4.69, 9.17) is 14.2 Å². The van der Waals surface area contributed by atoms with Crippen molar-refractivity contribution in [3.8, 4) is 11.5 Å². The van der Waals surface area contributed by atoms with Gasteiger partial charge in [0, 0.05) is 24.9 Å². The van der Waals surface area contributed by atoms with E-state index in [1.165, 1.54) is 18.9 Å². The summed E-state index contributed by atoms with van der Waals surface area (Å²) in [6.45, 7) is 2.29. The second-order valence-corrected chi connectivity index (χ2v) is 9.24. The summed E-state index contributed by atoms with van der Waals surface area (Å²) in [5, 5.41) is 2.60. The molecule has 1 atom stereocenters. The van der Waals surface area contributed by atoms with E-state index in [0.29, 0.717) is 40.0 Å². The number of hydrogen-bond acceptors (Lipinski definition) is 8. The number of hydrogen-bond donors (Lipinski definition) is 0. The number of amides is 1. The number of ether oxygens (including phenoxy) is 3. The summed E-state index contributed by atoms with van der Waals surface area (Å²) in [7, 11) is 6.30. The number of carbonyl (C=O) groups excluding carboxylic acids is 2. The third kappa shape index (κ3) is 4.97. The van der Waals surface area contributed by atoms with Gasteiger partial charge in [0.25, 0.3) is 0 Å². The van der Waals surface area contributed by atoms with Gasteiger partial charge in [0.2, 0.25) is 5.91 Å². The van der Waals surface area contributed by atoms with Crippen LogP contribution in [0.2, 0.25) is 0 Å². The van der Waals surface area contributed by atoms with Crippen LogP contribution in [0.1, 0.15) is 30.5 Å². The van der Waals surface area contributed by atoms with Gasteiger partial charge in [-0.2, -0.15) is 0 Å². The van der Waals surface area contributed by atoms with Crippen molar-refractivity contribution in [2.75, 3.05) is 28.4 Å². The van der Waals surface area contributed by atoms with Gasteiger partial charge in [0.1, 0.15) is 11.5 Å². The number of fused-ring (bicyclic) bond motifs is 1. The van der Waals surface area contributed by atoms with Crippen molar-refractivity contribution in [2.45, 2.75) is 25.9 Å². The fourth-order valence-corrected chi connectivity index (χ4v) is 5.29. The maximum Gasteiger partial charge on any atom is 0.338 e. The summed E-state index contributed by atoms with van der Waals surface area (Å²) in [6.07, 6.45) is 0.144. The van der Waals surface area contributed by atoms with Crippen LogP contribution in [0, 0.1) is 0 Å². The van der Waals surface area contributed by atoms with Gasteiger partial charge in [-0.05, 0) is 36.1 Å². The molecule has 188 valence electrons. The molecule has 2 aliphatic heterocycles. The minimum atomic E-state index is -0.608. The number of carbonyl (C=O) groups is 2. The first kappa shape index (κ1) is 25.4. The lowest BCUT2D eigenvalue weighted by molar-refractivity contribution is -0.136. The third-order valence-corrected chi connectivity index (χ3v) is 7.05. The molecule has 0 saturated heterocycles. The Morgan fingerprint density at radius 3 is 2.50 bits per heavy atom.